The van der Waals surface area contributed by atoms with E-state index in [0.717, 1.165) is 19.3 Å². The van der Waals surface area contributed by atoms with Crippen LogP contribution in [0.3, 0.4) is 0 Å². The van der Waals surface area contributed by atoms with Gasteiger partial charge in [0, 0.05) is 6.54 Å². The van der Waals surface area contributed by atoms with Crippen LogP contribution < -0.4 is 0 Å². The van der Waals surface area contributed by atoms with Crippen LogP contribution >= 0.6 is 0 Å². The van der Waals surface area contributed by atoms with E-state index in [-0.39, 0.29) is 0 Å². The minimum absolute atomic E-state index is 0.508. The molecule has 1 fully saturated rings. The molecule has 6 nitrogen and oxygen atoms in total. The summed E-state index contributed by atoms with van der Waals surface area (Å²) >= 11 is 0. The van der Waals surface area contributed by atoms with Crippen molar-refractivity contribution in [1.82, 2.24) is 20.2 Å². The van der Waals surface area contributed by atoms with Gasteiger partial charge in [0.15, 0.2) is 0 Å². The van der Waals surface area contributed by atoms with E-state index in [1.807, 2.05) is 0 Å². The quantitative estimate of drug-likeness (QED) is 0.749. The second-order valence-corrected chi connectivity index (χ2v) is 3.76. The highest BCUT2D eigenvalue weighted by atomic mass is 16.4. The van der Waals surface area contributed by atoms with E-state index in [1.54, 1.807) is 4.68 Å². The molecule has 0 saturated heterocycles. The fraction of sp³-hybridized carbons (Fsp3) is 0.750. The molecule has 1 heterocycles. The molecular weight excluding hydrogens is 184 g/mol. The van der Waals surface area contributed by atoms with Crippen LogP contribution in [-0.2, 0) is 11.3 Å². The summed E-state index contributed by atoms with van der Waals surface area (Å²) in [5, 5.41) is 19.7. The Morgan fingerprint density at radius 2 is 2.36 bits per heavy atom. The maximum Gasteiger partial charge on any atom is 0.309 e. The summed E-state index contributed by atoms with van der Waals surface area (Å²) in [5.74, 6) is -0.683. The number of nitrogens with zero attached hydrogens (tertiary/aromatic N) is 4. The van der Waals surface area contributed by atoms with Gasteiger partial charge in [0.25, 0.3) is 0 Å². The van der Waals surface area contributed by atoms with Gasteiger partial charge in [-0.05, 0) is 29.7 Å². The van der Waals surface area contributed by atoms with E-state index in [9.17, 15) is 4.79 Å². The Balaban J connectivity index is 1.93. The SMILES string of the molecule is O=C(O)C1(CCn2cnnn2)CCC1. The van der Waals surface area contributed by atoms with Crippen LogP contribution in [0.4, 0.5) is 0 Å². The van der Waals surface area contributed by atoms with Gasteiger partial charge < -0.3 is 5.11 Å². The van der Waals surface area contributed by atoms with Gasteiger partial charge in [-0.25, -0.2) is 4.68 Å². The zero-order chi connectivity index (χ0) is 10.0. The topological polar surface area (TPSA) is 80.9 Å². The lowest BCUT2D eigenvalue weighted by molar-refractivity contribution is -0.155. The van der Waals surface area contributed by atoms with Gasteiger partial charge in [-0.15, -0.1) is 5.10 Å². The van der Waals surface area contributed by atoms with Crippen molar-refractivity contribution in [2.24, 2.45) is 5.41 Å². The van der Waals surface area contributed by atoms with Gasteiger partial charge in [0.05, 0.1) is 5.41 Å². The minimum Gasteiger partial charge on any atom is -0.481 e. The Morgan fingerprint density at radius 3 is 2.79 bits per heavy atom. The first kappa shape index (κ1) is 9.11. The number of carbonyl (C=O) groups is 1. The first-order chi connectivity index (χ1) is 6.73. The van der Waals surface area contributed by atoms with Gasteiger partial charge in [-0.2, -0.15) is 0 Å². The normalized spacial score (nSPS) is 18.9. The predicted octanol–water partition coefficient (Wildman–Crippen LogP) is 0.318. The Kier molecular flexibility index (Phi) is 2.18. The largest absolute Gasteiger partial charge is 0.481 e. The monoisotopic (exact) mass is 196 g/mol. The molecule has 1 aliphatic carbocycles. The number of hydrogen-bond donors (Lipinski definition) is 1. The lowest BCUT2D eigenvalue weighted by Gasteiger charge is -2.37. The first-order valence-electron chi connectivity index (χ1n) is 4.67. The molecule has 0 bridgehead atoms. The summed E-state index contributed by atoms with van der Waals surface area (Å²) in [6.07, 6.45) is 4.71. The predicted molar refractivity (Wildman–Crippen MR) is 46.4 cm³/mol. The fourth-order valence-corrected chi connectivity index (χ4v) is 1.79. The summed E-state index contributed by atoms with van der Waals surface area (Å²) < 4.78 is 1.57. The molecular formula is C8H12N4O2. The van der Waals surface area contributed by atoms with Gasteiger partial charge in [-0.1, -0.05) is 6.42 Å². The summed E-state index contributed by atoms with van der Waals surface area (Å²) in [5.41, 5.74) is -0.508. The van der Waals surface area contributed by atoms with Gasteiger partial charge >= 0.3 is 5.97 Å². The molecule has 0 unspecified atom stereocenters. The van der Waals surface area contributed by atoms with Crippen molar-refractivity contribution in [2.75, 3.05) is 0 Å². The van der Waals surface area contributed by atoms with E-state index in [0.29, 0.717) is 13.0 Å². The molecule has 1 N–H and O–H groups in total. The van der Waals surface area contributed by atoms with E-state index >= 15 is 0 Å². The van der Waals surface area contributed by atoms with E-state index in [1.165, 1.54) is 6.33 Å². The van der Waals surface area contributed by atoms with Crippen molar-refractivity contribution < 1.29 is 9.90 Å². The smallest absolute Gasteiger partial charge is 0.309 e. The average Bonchev–Trinajstić information content (AvgIpc) is 2.53. The van der Waals surface area contributed by atoms with E-state index in [4.69, 9.17) is 5.11 Å². The van der Waals surface area contributed by atoms with Crippen LogP contribution in [0.5, 0.6) is 0 Å². The fourth-order valence-electron chi connectivity index (χ4n) is 1.79. The van der Waals surface area contributed by atoms with Gasteiger partial charge in [0.1, 0.15) is 6.33 Å². The molecule has 76 valence electrons. The van der Waals surface area contributed by atoms with Crippen LogP contribution in [0, 0.1) is 5.41 Å². The molecule has 0 amide bonds. The van der Waals surface area contributed by atoms with Crippen LogP contribution in [-0.4, -0.2) is 31.3 Å². The third-order valence-corrected chi connectivity index (χ3v) is 2.98. The van der Waals surface area contributed by atoms with Crippen LogP contribution in [0.15, 0.2) is 6.33 Å². The van der Waals surface area contributed by atoms with Crippen molar-refractivity contribution in [3.8, 4) is 0 Å². The number of aromatic nitrogens is 4. The summed E-state index contributed by atoms with van der Waals surface area (Å²) in [7, 11) is 0. The first-order valence-corrected chi connectivity index (χ1v) is 4.67. The second kappa shape index (κ2) is 3.36. The van der Waals surface area contributed by atoms with Crippen molar-refractivity contribution in [2.45, 2.75) is 32.2 Å². The molecule has 0 aromatic carbocycles. The number of aliphatic carboxylic acids is 1. The molecule has 0 aliphatic heterocycles. The molecule has 0 radical (unpaired) electrons. The molecule has 1 aromatic rings. The lowest BCUT2D eigenvalue weighted by Crippen LogP contribution is -2.38. The number of carboxylic acids is 1. The molecule has 0 spiro atoms. The Hall–Kier alpha value is -1.46. The number of tetrazole rings is 1. The van der Waals surface area contributed by atoms with Gasteiger partial charge in [0.2, 0.25) is 0 Å². The van der Waals surface area contributed by atoms with Crippen LogP contribution in [0.25, 0.3) is 0 Å². The second-order valence-electron chi connectivity index (χ2n) is 3.76. The highest BCUT2D eigenvalue weighted by Gasteiger charge is 2.43. The maximum absolute atomic E-state index is 11.0. The van der Waals surface area contributed by atoms with Crippen LogP contribution in [0.2, 0.25) is 0 Å². The summed E-state index contributed by atoms with van der Waals surface area (Å²) in [6, 6.07) is 0. The number of carboxylic acid groups (broad SMARTS) is 1. The standard InChI is InChI=1S/C8H12N4O2/c13-7(14)8(2-1-3-8)4-5-12-6-9-10-11-12/h6H,1-5H2,(H,13,14). The molecule has 1 aliphatic rings. The van der Waals surface area contributed by atoms with Crippen molar-refractivity contribution in [3.05, 3.63) is 6.33 Å². The molecule has 6 heteroatoms. The maximum atomic E-state index is 11.0. The Morgan fingerprint density at radius 1 is 1.57 bits per heavy atom. The van der Waals surface area contributed by atoms with Crippen molar-refractivity contribution >= 4 is 5.97 Å². The molecule has 0 atom stereocenters. The third-order valence-electron chi connectivity index (χ3n) is 2.98. The van der Waals surface area contributed by atoms with Crippen molar-refractivity contribution in [1.29, 1.82) is 0 Å². The number of rotatable bonds is 4. The van der Waals surface area contributed by atoms with E-state index < -0.39 is 11.4 Å². The lowest BCUT2D eigenvalue weighted by atomic mass is 9.67. The molecule has 1 aromatic heterocycles. The highest BCUT2D eigenvalue weighted by Crippen LogP contribution is 2.44. The van der Waals surface area contributed by atoms with Crippen LogP contribution in [0.1, 0.15) is 25.7 Å². The molecule has 2 rings (SSSR count). The minimum atomic E-state index is -0.683. The summed E-state index contributed by atoms with van der Waals surface area (Å²) in [6.45, 7) is 0.583. The van der Waals surface area contributed by atoms with Crippen molar-refractivity contribution in [3.63, 3.8) is 0 Å². The van der Waals surface area contributed by atoms with E-state index in [2.05, 4.69) is 15.5 Å². The molecule has 1 saturated carbocycles. The summed E-state index contributed by atoms with van der Waals surface area (Å²) in [4.78, 5) is 11.0. The number of hydrogen-bond acceptors (Lipinski definition) is 4. The third kappa shape index (κ3) is 1.47. The Labute approximate surface area is 80.9 Å². The highest BCUT2D eigenvalue weighted by molar-refractivity contribution is 5.75. The molecule has 14 heavy (non-hydrogen) atoms. The average molecular weight is 196 g/mol. The zero-order valence-electron chi connectivity index (χ0n) is 7.76. The zero-order valence-corrected chi connectivity index (χ0v) is 7.76. The van der Waals surface area contributed by atoms with Gasteiger partial charge in [-0.3, -0.25) is 4.79 Å². The Bertz CT molecular complexity index is 318. The number of aryl methyl sites for hydroxylation is 1.